The van der Waals surface area contributed by atoms with E-state index in [1.807, 2.05) is 60.7 Å². The van der Waals surface area contributed by atoms with Crippen LogP contribution in [0.3, 0.4) is 0 Å². The van der Waals surface area contributed by atoms with E-state index < -0.39 is 36.9 Å². The van der Waals surface area contributed by atoms with Crippen LogP contribution in [0.1, 0.15) is 23.8 Å². The Kier molecular flexibility index (Phi) is 7.11. The Morgan fingerprint density at radius 1 is 1.13 bits per heavy atom. The third-order valence-corrected chi connectivity index (χ3v) is 5.35. The van der Waals surface area contributed by atoms with E-state index in [1.165, 1.54) is 6.08 Å². The lowest BCUT2D eigenvalue weighted by Gasteiger charge is -2.47. The smallest absolute Gasteiger partial charge is 0.224 e. The highest BCUT2D eigenvalue weighted by Gasteiger charge is 2.50. The van der Waals surface area contributed by atoms with E-state index in [-0.39, 0.29) is 25.5 Å². The third kappa shape index (κ3) is 5.20. The second-order valence-electron chi connectivity index (χ2n) is 7.59. The summed E-state index contributed by atoms with van der Waals surface area (Å²) in [5.74, 6) is -0.277. The molecule has 2 aliphatic rings. The van der Waals surface area contributed by atoms with Gasteiger partial charge in [-0.15, -0.1) is 6.58 Å². The monoisotopic (exact) mass is 425 g/mol. The number of carbonyl (C=O) groups excluding carboxylic acids is 1. The first-order valence-corrected chi connectivity index (χ1v) is 10.4. The summed E-state index contributed by atoms with van der Waals surface area (Å²) in [6.07, 6.45) is -2.09. The quantitative estimate of drug-likeness (QED) is 0.663. The lowest BCUT2D eigenvalue weighted by molar-refractivity contribution is -0.345. The van der Waals surface area contributed by atoms with E-state index >= 15 is 0 Å². The van der Waals surface area contributed by atoms with Crippen molar-refractivity contribution in [3.8, 4) is 0 Å². The van der Waals surface area contributed by atoms with E-state index in [4.69, 9.17) is 18.9 Å². The van der Waals surface area contributed by atoms with Gasteiger partial charge in [-0.25, -0.2) is 0 Å². The van der Waals surface area contributed by atoms with Crippen molar-refractivity contribution in [3.63, 3.8) is 0 Å². The molecule has 0 aromatic heterocycles. The summed E-state index contributed by atoms with van der Waals surface area (Å²) in [5, 5.41) is 13.9. The fourth-order valence-corrected chi connectivity index (χ4v) is 3.80. The molecule has 7 nitrogen and oxygen atoms in total. The molecule has 2 N–H and O–H groups in total. The summed E-state index contributed by atoms with van der Waals surface area (Å²) in [5.41, 5.74) is 1.81. The average molecular weight is 425 g/mol. The number of fused-ring (bicyclic) bond motifs is 1. The van der Waals surface area contributed by atoms with E-state index in [2.05, 4.69) is 11.9 Å². The van der Waals surface area contributed by atoms with Gasteiger partial charge in [-0.3, -0.25) is 4.79 Å². The Balaban J connectivity index is 1.49. The van der Waals surface area contributed by atoms with Crippen molar-refractivity contribution in [1.82, 2.24) is 5.32 Å². The summed E-state index contributed by atoms with van der Waals surface area (Å²) in [7, 11) is 0. The molecule has 164 valence electrons. The number of nitrogens with one attached hydrogen (secondary N) is 1. The highest BCUT2D eigenvalue weighted by Crippen LogP contribution is 2.34. The fraction of sp³-hybridized carbons (Fsp3) is 0.375. The largest absolute Gasteiger partial charge is 0.388 e. The van der Waals surface area contributed by atoms with Crippen molar-refractivity contribution in [1.29, 1.82) is 0 Å². The van der Waals surface area contributed by atoms with Crippen LogP contribution in [0.5, 0.6) is 0 Å². The molecule has 0 saturated carbocycles. The van der Waals surface area contributed by atoms with Crippen LogP contribution in [0.15, 0.2) is 73.3 Å². The van der Waals surface area contributed by atoms with Crippen molar-refractivity contribution in [2.45, 2.75) is 50.0 Å². The highest BCUT2D eigenvalue weighted by atomic mass is 16.7. The third-order valence-electron chi connectivity index (χ3n) is 5.35. The molecule has 2 heterocycles. The Bertz CT molecular complexity index is 861. The Morgan fingerprint density at radius 2 is 1.84 bits per heavy atom. The molecule has 2 aromatic rings. The normalized spacial score (nSPS) is 30.2. The number of amides is 1. The molecule has 6 atom stereocenters. The van der Waals surface area contributed by atoms with Gasteiger partial charge in [0, 0.05) is 12.0 Å². The summed E-state index contributed by atoms with van der Waals surface area (Å²) >= 11 is 0. The molecule has 0 spiro atoms. The van der Waals surface area contributed by atoms with Crippen LogP contribution in [0.25, 0.3) is 0 Å². The van der Waals surface area contributed by atoms with Crippen molar-refractivity contribution in [2.24, 2.45) is 0 Å². The van der Waals surface area contributed by atoms with Crippen molar-refractivity contribution in [2.75, 3.05) is 6.61 Å². The molecule has 0 unspecified atom stereocenters. The lowest BCUT2D eigenvalue weighted by atomic mass is 9.95. The summed E-state index contributed by atoms with van der Waals surface area (Å²) in [6, 6.07) is 18.3. The average Bonchev–Trinajstić information content (AvgIpc) is 2.81. The fourth-order valence-electron chi connectivity index (χ4n) is 3.80. The van der Waals surface area contributed by atoms with Gasteiger partial charge < -0.3 is 29.4 Å². The SMILES string of the molecule is C=CCC(=O)N[C@H]1[C@H](OCc2ccccc2)O[C@@H]2CO[C@@H](c3ccccc3)O[C@H]2[C@H]1O. The maximum Gasteiger partial charge on any atom is 0.224 e. The van der Waals surface area contributed by atoms with Gasteiger partial charge >= 0.3 is 0 Å². The number of ether oxygens (including phenoxy) is 4. The summed E-state index contributed by atoms with van der Waals surface area (Å²) < 4.78 is 23.9. The van der Waals surface area contributed by atoms with Crippen LogP contribution in [-0.2, 0) is 30.3 Å². The van der Waals surface area contributed by atoms with Gasteiger partial charge in [0.05, 0.1) is 13.2 Å². The molecule has 2 saturated heterocycles. The van der Waals surface area contributed by atoms with E-state index in [0.29, 0.717) is 0 Å². The number of benzene rings is 2. The Hall–Kier alpha value is -2.55. The van der Waals surface area contributed by atoms with Crippen LogP contribution in [0.2, 0.25) is 0 Å². The second-order valence-corrected chi connectivity index (χ2v) is 7.59. The number of hydrogen-bond acceptors (Lipinski definition) is 6. The first kappa shape index (κ1) is 21.7. The van der Waals surface area contributed by atoms with Crippen LogP contribution in [-0.4, -0.2) is 48.3 Å². The molecule has 2 fully saturated rings. The predicted molar refractivity (Wildman–Crippen MR) is 113 cm³/mol. The molecule has 0 aliphatic carbocycles. The van der Waals surface area contributed by atoms with Crippen molar-refractivity contribution >= 4 is 5.91 Å². The predicted octanol–water partition coefficient (Wildman–Crippen LogP) is 2.46. The van der Waals surface area contributed by atoms with Gasteiger partial charge in [0.1, 0.15) is 24.4 Å². The van der Waals surface area contributed by atoms with E-state index in [0.717, 1.165) is 11.1 Å². The maximum absolute atomic E-state index is 12.3. The van der Waals surface area contributed by atoms with Gasteiger partial charge in [-0.1, -0.05) is 66.7 Å². The molecular formula is C24H27NO6. The number of aliphatic hydroxyl groups is 1. The first-order valence-electron chi connectivity index (χ1n) is 10.4. The van der Waals surface area contributed by atoms with Gasteiger partial charge in [0.15, 0.2) is 12.6 Å². The van der Waals surface area contributed by atoms with E-state index in [1.54, 1.807) is 0 Å². The summed E-state index contributed by atoms with van der Waals surface area (Å²) in [4.78, 5) is 12.3. The highest BCUT2D eigenvalue weighted by molar-refractivity contribution is 5.77. The van der Waals surface area contributed by atoms with Gasteiger partial charge in [-0.2, -0.15) is 0 Å². The molecule has 0 bridgehead atoms. The molecule has 7 heteroatoms. The Labute approximate surface area is 181 Å². The molecule has 2 aliphatic heterocycles. The minimum absolute atomic E-state index is 0.124. The van der Waals surface area contributed by atoms with Crippen LogP contribution in [0.4, 0.5) is 0 Å². The number of aliphatic hydroxyl groups excluding tert-OH is 1. The lowest BCUT2D eigenvalue weighted by Crippen LogP contribution is -2.66. The molecule has 4 rings (SSSR count). The minimum Gasteiger partial charge on any atom is -0.388 e. The zero-order valence-corrected chi connectivity index (χ0v) is 17.1. The van der Waals surface area contributed by atoms with Gasteiger partial charge in [0.2, 0.25) is 5.91 Å². The van der Waals surface area contributed by atoms with Crippen LogP contribution < -0.4 is 5.32 Å². The number of carbonyl (C=O) groups is 1. The van der Waals surface area contributed by atoms with Crippen molar-refractivity contribution in [3.05, 3.63) is 84.4 Å². The molecule has 0 radical (unpaired) electrons. The standard InChI is InChI=1S/C24H27NO6/c1-2-9-19(26)25-20-21(27)22-18(15-29-23(31-22)17-12-7-4-8-13-17)30-24(20)28-14-16-10-5-3-6-11-16/h2-8,10-13,18,20-24,27H,1,9,14-15H2,(H,25,26)/t18-,20-,21+,22-,23-,24-/m1/s1. The van der Waals surface area contributed by atoms with Crippen LogP contribution in [0, 0.1) is 0 Å². The van der Waals surface area contributed by atoms with Gasteiger partial charge in [-0.05, 0) is 5.56 Å². The Morgan fingerprint density at radius 3 is 2.55 bits per heavy atom. The molecule has 31 heavy (non-hydrogen) atoms. The number of rotatable bonds is 7. The van der Waals surface area contributed by atoms with Crippen molar-refractivity contribution < 1.29 is 28.8 Å². The summed E-state index contributed by atoms with van der Waals surface area (Å²) in [6.45, 7) is 4.10. The van der Waals surface area contributed by atoms with Gasteiger partial charge in [0.25, 0.3) is 0 Å². The zero-order valence-electron chi connectivity index (χ0n) is 17.1. The molecule has 1 amide bonds. The topological polar surface area (TPSA) is 86.3 Å². The molecular weight excluding hydrogens is 398 g/mol. The maximum atomic E-state index is 12.3. The van der Waals surface area contributed by atoms with E-state index in [9.17, 15) is 9.90 Å². The second kappa shape index (κ2) is 10.2. The number of hydrogen-bond donors (Lipinski definition) is 2. The zero-order chi connectivity index (χ0) is 21.6. The first-order chi connectivity index (χ1) is 15.2. The van der Waals surface area contributed by atoms with Crippen LogP contribution >= 0.6 is 0 Å². The molecule has 2 aromatic carbocycles. The minimum atomic E-state index is -1.04.